The van der Waals surface area contributed by atoms with Crippen LogP contribution in [0.3, 0.4) is 0 Å². The van der Waals surface area contributed by atoms with Gasteiger partial charge in [0.2, 0.25) is 0 Å². The van der Waals surface area contributed by atoms with Crippen molar-refractivity contribution >= 4 is 16.6 Å². The van der Waals surface area contributed by atoms with Crippen molar-refractivity contribution in [2.24, 2.45) is 0 Å². The summed E-state index contributed by atoms with van der Waals surface area (Å²) < 4.78 is 0. The Labute approximate surface area is 113 Å². The zero-order valence-electron chi connectivity index (χ0n) is 11.1. The maximum atomic E-state index is 6.15. The predicted molar refractivity (Wildman–Crippen MR) is 82.1 cm³/mol. The van der Waals surface area contributed by atoms with E-state index in [1.54, 1.807) is 0 Å². The molecule has 0 fully saturated rings. The highest BCUT2D eigenvalue weighted by Crippen LogP contribution is 2.29. The number of nitrogens with one attached hydrogen (secondary N) is 1. The first-order valence-corrected chi connectivity index (χ1v) is 6.74. The van der Waals surface area contributed by atoms with Crippen molar-refractivity contribution in [1.82, 2.24) is 4.98 Å². The fourth-order valence-corrected chi connectivity index (χ4v) is 2.54. The number of aryl methyl sites for hydroxylation is 1. The molecule has 0 atom stereocenters. The Morgan fingerprint density at radius 3 is 2.58 bits per heavy atom. The molecule has 2 nitrogen and oxygen atoms in total. The lowest BCUT2D eigenvalue weighted by atomic mass is 10.1. The number of H-pyrrole nitrogens is 1. The Kier molecular flexibility index (Phi) is 3.00. The molecular formula is C17H18N2. The first-order valence-electron chi connectivity index (χ1n) is 6.74. The SMILES string of the molecule is CCCc1cc(N)c2[nH]c(-c3ccccc3)cc2c1. The molecule has 1 heterocycles. The normalized spacial score (nSPS) is 11.0. The first kappa shape index (κ1) is 11.8. The third kappa shape index (κ3) is 2.22. The smallest absolute Gasteiger partial charge is 0.0692 e. The van der Waals surface area contributed by atoms with Crippen molar-refractivity contribution in [3.05, 3.63) is 54.1 Å². The lowest BCUT2D eigenvalue weighted by molar-refractivity contribution is 0.924. The third-order valence-corrected chi connectivity index (χ3v) is 3.44. The number of nitrogens with two attached hydrogens (primary N) is 1. The number of aromatic nitrogens is 1. The van der Waals surface area contributed by atoms with Gasteiger partial charge in [-0.15, -0.1) is 0 Å². The molecule has 19 heavy (non-hydrogen) atoms. The van der Waals surface area contributed by atoms with E-state index >= 15 is 0 Å². The van der Waals surface area contributed by atoms with E-state index in [4.69, 9.17) is 5.73 Å². The van der Waals surface area contributed by atoms with Crippen molar-refractivity contribution in [2.45, 2.75) is 19.8 Å². The summed E-state index contributed by atoms with van der Waals surface area (Å²) in [4.78, 5) is 3.42. The minimum absolute atomic E-state index is 0.836. The fraction of sp³-hybridized carbons (Fsp3) is 0.176. The molecule has 3 aromatic rings. The van der Waals surface area contributed by atoms with Crippen molar-refractivity contribution in [3.8, 4) is 11.3 Å². The van der Waals surface area contributed by atoms with E-state index in [2.05, 4.69) is 42.2 Å². The van der Waals surface area contributed by atoms with Gasteiger partial charge in [-0.2, -0.15) is 0 Å². The van der Waals surface area contributed by atoms with Crippen LogP contribution in [0.25, 0.3) is 22.2 Å². The average Bonchev–Trinajstić information content (AvgIpc) is 2.85. The molecule has 3 rings (SSSR count). The topological polar surface area (TPSA) is 41.8 Å². The van der Waals surface area contributed by atoms with Crippen LogP contribution in [0.5, 0.6) is 0 Å². The van der Waals surface area contributed by atoms with E-state index in [1.165, 1.54) is 16.5 Å². The van der Waals surface area contributed by atoms with Crippen LogP contribution in [0.4, 0.5) is 5.69 Å². The van der Waals surface area contributed by atoms with Crippen LogP contribution in [0, 0.1) is 0 Å². The lowest BCUT2D eigenvalue weighted by Crippen LogP contribution is -1.90. The summed E-state index contributed by atoms with van der Waals surface area (Å²) in [5, 5.41) is 1.20. The van der Waals surface area contributed by atoms with Crippen LogP contribution in [0.15, 0.2) is 48.5 Å². The molecule has 0 aliphatic carbocycles. The summed E-state index contributed by atoms with van der Waals surface area (Å²) in [6.45, 7) is 2.19. The molecule has 0 bridgehead atoms. The first-order chi connectivity index (χ1) is 9.28. The molecular weight excluding hydrogens is 232 g/mol. The Bertz CT molecular complexity index is 696. The molecule has 0 aliphatic rings. The van der Waals surface area contributed by atoms with Gasteiger partial charge in [0.05, 0.1) is 11.2 Å². The van der Waals surface area contributed by atoms with Crippen molar-refractivity contribution in [1.29, 1.82) is 0 Å². The van der Waals surface area contributed by atoms with Gasteiger partial charge in [0.1, 0.15) is 0 Å². The second kappa shape index (κ2) is 4.81. The third-order valence-electron chi connectivity index (χ3n) is 3.44. The van der Waals surface area contributed by atoms with E-state index in [9.17, 15) is 0 Å². The number of benzene rings is 2. The van der Waals surface area contributed by atoms with Crippen LogP contribution in [-0.2, 0) is 6.42 Å². The van der Waals surface area contributed by atoms with Crippen LogP contribution in [0.2, 0.25) is 0 Å². The molecule has 0 saturated carbocycles. The minimum atomic E-state index is 0.836. The molecule has 96 valence electrons. The molecule has 0 spiro atoms. The molecule has 0 radical (unpaired) electrons. The quantitative estimate of drug-likeness (QED) is 0.666. The maximum absolute atomic E-state index is 6.15. The molecule has 2 aromatic carbocycles. The number of hydrogen-bond acceptors (Lipinski definition) is 1. The average molecular weight is 250 g/mol. The predicted octanol–water partition coefficient (Wildman–Crippen LogP) is 4.37. The number of anilines is 1. The van der Waals surface area contributed by atoms with E-state index < -0.39 is 0 Å². The Morgan fingerprint density at radius 2 is 1.84 bits per heavy atom. The number of aromatic amines is 1. The zero-order chi connectivity index (χ0) is 13.2. The number of fused-ring (bicyclic) bond motifs is 1. The summed E-state index contributed by atoms with van der Waals surface area (Å²) >= 11 is 0. The molecule has 3 N–H and O–H groups in total. The fourth-order valence-electron chi connectivity index (χ4n) is 2.54. The molecule has 0 saturated heterocycles. The van der Waals surface area contributed by atoms with E-state index in [0.717, 1.165) is 29.7 Å². The minimum Gasteiger partial charge on any atom is -0.397 e. The monoisotopic (exact) mass is 250 g/mol. The molecule has 2 heteroatoms. The van der Waals surface area contributed by atoms with Crippen LogP contribution >= 0.6 is 0 Å². The van der Waals surface area contributed by atoms with Gasteiger partial charge in [-0.3, -0.25) is 0 Å². The van der Waals surface area contributed by atoms with Crippen molar-refractivity contribution in [2.75, 3.05) is 5.73 Å². The highest BCUT2D eigenvalue weighted by molar-refractivity contribution is 5.94. The van der Waals surface area contributed by atoms with Crippen molar-refractivity contribution < 1.29 is 0 Å². The summed E-state index contributed by atoms with van der Waals surface area (Å²) in [6.07, 6.45) is 2.22. The Morgan fingerprint density at radius 1 is 1.05 bits per heavy atom. The standard InChI is InChI=1S/C17H18N2/c1-2-6-12-9-14-11-16(13-7-4-3-5-8-13)19-17(14)15(18)10-12/h3-5,7-11,19H,2,6,18H2,1H3. The number of nitrogen functional groups attached to an aromatic ring is 1. The zero-order valence-corrected chi connectivity index (χ0v) is 11.1. The van der Waals surface area contributed by atoms with E-state index in [1.807, 2.05) is 18.2 Å². The molecule has 0 aliphatic heterocycles. The van der Waals surface area contributed by atoms with Gasteiger partial charge < -0.3 is 10.7 Å². The number of rotatable bonds is 3. The lowest BCUT2D eigenvalue weighted by Gasteiger charge is -2.02. The summed E-state index contributed by atoms with van der Waals surface area (Å²) in [6, 6.07) is 16.8. The summed E-state index contributed by atoms with van der Waals surface area (Å²) in [7, 11) is 0. The van der Waals surface area contributed by atoms with Gasteiger partial charge in [0.25, 0.3) is 0 Å². The van der Waals surface area contributed by atoms with Gasteiger partial charge >= 0.3 is 0 Å². The highest BCUT2D eigenvalue weighted by Gasteiger charge is 2.07. The van der Waals surface area contributed by atoms with Gasteiger partial charge in [0.15, 0.2) is 0 Å². The summed E-state index contributed by atoms with van der Waals surface area (Å²) in [5.74, 6) is 0. The Hall–Kier alpha value is -2.22. The molecule has 0 unspecified atom stereocenters. The van der Waals surface area contributed by atoms with Crippen LogP contribution in [-0.4, -0.2) is 4.98 Å². The van der Waals surface area contributed by atoms with E-state index in [-0.39, 0.29) is 0 Å². The second-order valence-electron chi connectivity index (χ2n) is 4.95. The largest absolute Gasteiger partial charge is 0.397 e. The van der Waals surface area contributed by atoms with Gasteiger partial charge in [0, 0.05) is 11.1 Å². The summed E-state index contributed by atoms with van der Waals surface area (Å²) in [5.41, 5.74) is 11.6. The van der Waals surface area contributed by atoms with Crippen LogP contribution < -0.4 is 5.73 Å². The van der Waals surface area contributed by atoms with Gasteiger partial charge in [-0.25, -0.2) is 0 Å². The molecule has 0 amide bonds. The van der Waals surface area contributed by atoms with Crippen molar-refractivity contribution in [3.63, 3.8) is 0 Å². The second-order valence-corrected chi connectivity index (χ2v) is 4.95. The maximum Gasteiger partial charge on any atom is 0.0692 e. The van der Waals surface area contributed by atoms with Crippen LogP contribution in [0.1, 0.15) is 18.9 Å². The van der Waals surface area contributed by atoms with Gasteiger partial charge in [-0.05, 0) is 35.7 Å². The molecule has 1 aromatic heterocycles. The highest BCUT2D eigenvalue weighted by atomic mass is 14.7. The van der Waals surface area contributed by atoms with E-state index in [0.29, 0.717) is 0 Å². The van der Waals surface area contributed by atoms with Gasteiger partial charge in [-0.1, -0.05) is 43.7 Å². The number of hydrogen-bond donors (Lipinski definition) is 2. The Balaban J connectivity index is 2.13.